The second-order valence-corrected chi connectivity index (χ2v) is 7.01. The molecule has 24 heavy (non-hydrogen) atoms. The van der Waals surface area contributed by atoms with Crippen LogP contribution in [-0.4, -0.2) is 56.6 Å². The van der Waals surface area contributed by atoms with Crippen molar-refractivity contribution in [2.75, 3.05) is 40.5 Å². The molecule has 0 amide bonds. The smallest absolute Gasteiger partial charge is 0.124 e. The molecule has 5 nitrogen and oxygen atoms in total. The molecule has 1 aliphatic rings. The molecule has 1 fully saturated rings. The fourth-order valence-corrected chi connectivity index (χ4v) is 3.59. The summed E-state index contributed by atoms with van der Waals surface area (Å²) in [5, 5.41) is 10.3. The number of piperidine rings is 1. The second-order valence-electron chi connectivity index (χ2n) is 7.01. The topological polar surface area (TPSA) is 51.2 Å². The predicted octanol–water partition coefficient (Wildman–Crippen LogP) is 2.56. The Hall–Kier alpha value is -1.30. The van der Waals surface area contributed by atoms with E-state index < -0.39 is 6.10 Å². The SMILES string of the molecule is COc1ccc(OC)c(COC[C@@H](O)CN2C[C@H](C)C[C@@H](C)C2)c1. The highest BCUT2D eigenvalue weighted by Crippen LogP contribution is 2.25. The number of ether oxygens (including phenoxy) is 3. The van der Waals surface area contributed by atoms with Crippen LogP contribution in [0.4, 0.5) is 0 Å². The minimum atomic E-state index is -0.473. The van der Waals surface area contributed by atoms with Crippen molar-refractivity contribution in [2.45, 2.75) is 33.0 Å². The van der Waals surface area contributed by atoms with E-state index in [0.29, 0.717) is 31.6 Å². The van der Waals surface area contributed by atoms with Crippen LogP contribution in [0.2, 0.25) is 0 Å². The van der Waals surface area contributed by atoms with E-state index in [0.717, 1.165) is 30.2 Å². The third kappa shape index (κ3) is 5.65. The Bertz CT molecular complexity index is 498. The first-order chi connectivity index (χ1) is 11.5. The molecule has 0 bridgehead atoms. The standard InChI is InChI=1S/C19H31NO4/c1-14-7-15(2)10-20(9-14)11-17(21)13-24-12-16-8-18(22-3)5-6-19(16)23-4/h5-6,8,14-15,17,21H,7,9-13H2,1-4H3/t14-,15-,17+/m1/s1. The number of rotatable bonds is 8. The van der Waals surface area contributed by atoms with E-state index in [4.69, 9.17) is 14.2 Å². The molecule has 2 rings (SSSR count). The summed E-state index contributed by atoms with van der Waals surface area (Å²) >= 11 is 0. The van der Waals surface area contributed by atoms with Gasteiger partial charge in [-0.05, 0) is 36.5 Å². The van der Waals surface area contributed by atoms with Gasteiger partial charge in [-0.1, -0.05) is 13.8 Å². The number of methoxy groups -OCH3 is 2. The molecule has 1 saturated heterocycles. The van der Waals surface area contributed by atoms with E-state index in [-0.39, 0.29) is 0 Å². The largest absolute Gasteiger partial charge is 0.497 e. The van der Waals surface area contributed by atoms with Crippen LogP contribution >= 0.6 is 0 Å². The Morgan fingerprint density at radius 1 is 1.17 bits per heavy atom. The minimum Gasteiger partial charge on any atom is -0.497 e. The zero-order valence-electron chi connectivity index (χ0n) is 15.3. The highest BCUT2D eigenvalue weighted by atomic mass is 16.5. The van der Waals surface area contributed by atoms with Crippen LogP contribution in [0.5, 0.6) is 11.5 Å². The molecule has 0 unspecified atom stereocenters. The lowest BCUT2D eigenvalue weighted by Crippen LogP contribution is -2.43. The molecule has 1 N–H and O–H groups in total. The number of nitrogens with zero attached hydrogens (tertiary/aromatic N) is 1. The lowest BCUT2D eigenvalue weighted by molar-refractivity contribution is -0.00131. The summed E-state index contributed by atoms with van der Waals surface area (Å²) in [5.74, 6) is 2.93. The third-order valence-electron chi connectivity index (χ3n) is 4.47. The molecule has 1 heterocycles. The molecule has 1 aliphatic heterocycles. The van der Waals surface area contributed by atoms with Crippen LogP contribution < -0.4 is 9.47 Å². The van der Waals surface area contributed by atoms with Crippen molar-refractivity contribution in [3.05, 3.63) is 23.8 Å². The minimum absolute atomic E-state index is 0.319. The zero-order chi connectivity index (χ0) is 17.5. The summed E-state index contributed by atoms with van der Waals surface area (Å²) < 4.78 is 16.3. The van der Waals surface area contributed by atoms with Gasteiger partial charge >= 0.3 is 0 Å². The maximum atomic E-state index is 10.3. The molecular formula is C19H31NO4. The average Bonchev–Trinajstić information content (AvgIpc) is 2.53. The van der Waals surface area contributed by atoms with Crippen LogP contribution in [0.25, 0.3) is 0 Å². The van der Waals surface area contributed by atoms with Gasteiger partial charge in [0.05, 0.1) is 33.5 Å². The van der Waals surface area contributed by atoms with E-state index in [1.54, 1.807) is 14.2 Å². The van der Waals surface area contributed by atoms with E-state index >= 15 is 0 Å². The van der Waals surface area contributed by atoms with Crippen LogP contribution in [-0.2, 0) is 11.3 Å². The lowest BCUT2D eigenvalue weighted by Gasteiger charge is -2.35. The fourth-order valence-electron chi connectivity index (χ4n) is 3.59. The van der Waals surface area contributed by atoms with Crippen molar-refractivity contribution >= 4 is 0 Å². The van der Waals surface area contributed by atoms with Gasteiger partial charge in [-0.25, -0.2) is 0 Å². The van der Waals surface area contributed by atoms with Crippen molar-refractivity contribution in [1.29, 1.82) is 0 Å². The Balaban J connectivity index is 1.79. The van der Waals surface area contributed by atoms with Gasteiger partial charge in [0, 0.05) is 25.2 Å². The fraction of sp³-hybridized carbons (Fsp3) is 0.684. The molecule has 0 aromatic heterocycles. The van der Waals surface area contributed by atoms with Crippen LogP contribution in [0, 0.1) is 11.8 Å². The molecule has 0 radical (unpaired) electrons. The van der Waals surface area contributed by atoms with E-state index in [1.807, 2.05) is 18.2 Å². The van der Waals surface area contributed by atoms with Gasteiger partial charge in [0.25, 0.3) is 0 Å². The van der Waals surface area contributed by atoms with Gasteiger partial charge in [-0.15, -0.1) is 0 Å². The first-order valence-electron chi connectivity index (χ1n) is 8.70. The monoisotopic (exact) mass is 337 g/mol. The quantitative estimate of drug-likeness (QED) is 0.790. The Morgan fingerprint density at radius 2 is 1.88 bits per heavy atom. The van der Waals surface area contributed by atoms with Crippen LogP contribution in [0.3, 0.4) is 0 Å². The van der Waals surface area contributed by atoms with Gasteiger partial charge in [0.1, 0.15) is 11.5 Å². The van der Waals surface area contributed by atoms with Crippen molar-refractivity contribution in [1.82, 2.24) is 4.90 Å². The molecular weight excluding hydrogens is 306 g/mol. The van der Waals surface area contributed by atoms with Crippen LogP contribution in [0.15, 0.2) is 18.2 Å². The molecule has 3 atom stereocenters. The highest BCUT2D eigenvalue weighted by Gasteiger charge is 2.23. The molecule has 0 spiro atoms. The molecule has 0 aliphatic carbocycles. The molecule has 136 valence electrons. The van der Waals surface area contributed by atoms with Crippen molar-refractivity contribution in [2.24, 2.45) is 11.8 Å². The summed E-state index contributed by atoms with van der Waals surface area (Å²) in [7, 11) is 3.27. The van der Waals surface area contributed by atoms with Crippen molar-refractivity contribution < 1.29 is 19.3 Å². The van der Waals surface area contributed by atoms with Gasteiger partial charge in [0.2, 0.25) is 0 Å². The summed E-state index contributed by atoms with van der Waals surface area (Å²) in [6.45, 7) is 8.06. The molecule has 1 aromatic rings. The lowest BCUT2D eigenvalue weighted by atomic mass is 9.92. The van der Waals surface area contributed by atoms with Crippen molar-refractivity contribution in [3.63, 3.8) is 0 Å². The van der Waals surface area contributed by atoms with Gasteiger partial charge in [-0.3, -0.25) is 0 Å². The summed E-state index contributed by atoms with van der Waals surface area (Å²) in [4.78, 5) is 2.35. The predicted molar refractivity (Wildman–Crippen MR) is 94.6 cm³/mol. The van der Waals surface area contributed by atoms with Crippen LogP contribution in [0.1, 0.15) is 25.8 Å². The number of hydrogen-bond donors (Lipinski definition) is 1. The van der Waals surface area contributed by atoms with E-state index in [1.165, 1.54) is 6.42 Å². The maximum absolute atomic E-state index is 10.3. The summed E-state index contributed by atoms with van der Waals surface area (Å²) in [6, 6.07) is 5.62. The first-order valence-corrected chi connectivity index (χ1v) is 8.70. The number of aliphatic hydroxyl groups excluding tert-OH is 1. The van der Waals surface area contributed by atoms with Gasteiger partial charge in [0.15, 0.2) is 0 Å². The molecule has 0 saturated carbocycles. The van der Waals surface area contributed by atoms with E-state index in [9.17, 15) is 5.11 Å². The van der Waals surface area contributed by atoms with E-state index in [2.05, 4.69) is 18.7 Å². The second kappa shape index (κ2) is 9.25. The van der Waals surface area contributed by atoms with Gasteiger partial charge < -0.3 is 24.2 Å². The number of likely N-dealkylation sites (tertiary alicyclic amines) is 1. The molecule has 1 aromatic carbocycles. The zero-order valence-corrected chi connectivity index (χ0v) is 15.3. The summed E-state index contributed by atoms with van der Waals surface area (Å²) in [6.07, 6.45) is 0.803. The summed E-state index contributed by atoms with van der Waals surface area (Å²) in [5.41, 5.74) is 0.921. The number of β-amino-alcohol motifs (C(OH)–C–C–N with tert-alkyl or cyclic N) is 1. The first kappa shape index (κ1) is 19.0. The maximum Gasteiger partial charge on any atom is 0.124 e. The average molecular weight is 337 g/mol. The van der Waals surface area contributed by atoms with Gasteiger partial charge in [-0.2, -0.15) is 0 Å². The Labute approximate surface area is 145 Å². The Kier molecular flexibility index (Phi) is 7.34. The molecule has 5 heteroatoms. The van der Waals surface area contributed by atoms with Crippen molar-refractivity contribution in [3.8, 4) is 11.5 Å². The number of benzene rings is 1. The highest BCUT2D eigenvalue weighted by molar-refractivity contribution is 5.39. The number of aliphatic hydroxyl groups is 1. The normalized spacial score (nSPS) is 23.0. The number of hydrogen-bond acceptors (Lipinski definition) is 5. The Morgan fingerprint density at radius 3 is 2.50 bits per heavy atom. The third-order valence-corrected chi connectivity index (χ3v) is 4.47.